The highest BCUT2D eigenvalue weighted by Crippen LogP contribution is 2.32. The maximum atomic E-state index is 13.5. The summed E-state index contributed by atoms with van der Waals surface area (Å²) >= 11 is 0. The number of aliphatic imine (C=N–C) groups is 1. The van der Waals surface area contributed by atoms with Crippen LogP contribution in [-0.2, 0) is 10.9 Å². The molecule has 0 fully saturated rings. The van der Waals surface area contributed by atoms with E-state index in [2.05, 4.69) is 25.8 Å². The molecule has 7 nitrogen and oxygen atoms in total. The number of aromatic amines is 1. The highest BCUT2D eigenvalue weighted by atomic mass is 19.4. The van der Waals surface area contributed by atoms with Gasteiger partial charge in [-0.2, -0.15) is 23.3 Å². The van der Waals surface area contributed by atoms with Crippen molar-refractivity contribution in [3.63, 3.8) is 0 Å². The summed E-state index contributed by atoms with van der Waals surface area (Å²) in [5, 5.41) is 12.4. The van der Waals surface area contributed by atoms with Crippen LogP contribution in [0, 0.1) is 11.6 Å². The molecule has 0 aliphatic rings. The second-order valence-corrected chi connectivity index (χ2v) is 6.83. The maximum absolute atomic E-state index is 13.5. The summed E-state index contributed by atoms with van der Waals surface area (Å²) in [5.74, 6) is -3.13. The third-order valence-electron chi connectivity index (χ3n) is 4.47. The number of nitrogens with one attached hydrogen (secondary N) is 3. The lowest BCUT2D eigenvalue weighted by Crippen LogP contribution is -2.33. The van der Waals surface area contributed by atoms with Crippen LogP contribution in [0.1, 0.15) is 29.3 Å². The molecule has 33 heavy (non-hydrogen) atoms. The first-order chi connectivity index (χ1) is 15.7. The monoisotopic (exact) mass is 469 g/mol. The van der Waals surface area contributed by atoms with Crippen LogP contribution in [0.4, 0.5) is 27.8 Å². The van der Waals surface area contributed by atoms with E-state index in [1.54, 1.807) is 0 Å². The molecule has 2 aromatic carbocycles. The fourth-order valence-corrected chi connectivity index (χ4v) is 2.84. The Balaban J connectivity index is 1.85. The van der Waals surface area contributed by atoms with Crippen LogP contribution in [0.5, 0.6) is 0 Å². The van der Waals surface area contributed by atoms with E-state index in [1.165, 1.54) is 6.07 Å². The van der Waals surface area contributed by atoms with Crippen molar-refractivity contribution in [2.24, 2.45) is 4.99 Å². The Labute approximate surface area is 185 Å². The van der Waals surface area contributed by atoms with Crippen LogP contribution >= 0.6 is 0 Å². The smallest absolute Gasteiger partial charge is 0.382 e. The number of carbonyl (C=O) groups is 1. The minimum atomic E-state index is -4.52. The quantitative estimate of drug-likeness (QED) is 0.205. The second kappa shape index (κ2) is 10.4. The van der Waals surface area contributed by atoms with Crippen molar-refractivity contribution in [2.75, 3.05) is 25.1 Å². The summed E-state index contributed by atoms with van der Waals surface area (Å²) in [6, 6.07) is 5.65. The van der Waals surface area contributed by atoms with Crippen molar-refractivity contribution in [1.82, 2.24) is 15.5 Å². The average molecular weight is 469 g/mol. The fraction of sp³-hybridized carbons (Fsp3) is 0.286. The number of rotatable bonds is 7. The standard InChI is InChI=1S/C21H20F5N5O2/c1-2-33-9-3-8-27-20(29-19(32)12-4-7-15(22)16(23)10-12)28-18-14-6-5-13(21(24,25)26)11-17(14)30-31-18/h4-7,10-11H,2-3,8-9H2,1H3,(H3,27,28,29,30,31,32). The number of H-pyrrole nitrogens is 1. The predicted octanol–water partition coefficient (Wildman–Crippen LogP) is 4.48. The Hall–Kier alpha value is -3.54. The number of anilines is 1. The van der Waals surface area contributed by atoms with Gasteiger partial charge in [0.25, 0.3) is 5.91 Å². The predicted molar refractivity (Wildman–Crippen MR) is 112 cm³/mol. The molecular weight excluding hydrogens is 449 g/mol. The zero-order chi connectivity index (χ0) is 24.0. The summed E-state index contributed by atoms with van der Waals surface area (Å²) < 4.78 is 70.7. The highest BCUT2D eigenvalue weighted by Gasteiger charge is 2.31. The lowest BCUT2D eigenvalue weighted by atomic mass is 10.1. The van der Waals surface area contributed by atoms with E-state index in [1.807, 2.05) is 6.92 Å². The van der Waals surface area contributed by atoms with Gasteiger partial charge in [0.2, 0.25) is 5.96 Å². The maximum Gasteiger partial charge on any atom is 0.416 e. The van der Waals surface area contributed by atoms with Gasteiger partial charge < -0.3 is 15.4 Å². The van der Waals surface area contributed by atoms with Crippen molar-refractivity contribution in [1.29, 1.82) is 0 Å². The number of nitrogens with zero attached hydrogens (tertiary/aromatic N) is 2. The van der Waals surface area contributed by atoms with Crippen LogP contribution in [0.2, 0.25) is 0 Å². The summed E-state index contributed by atoms with van der Waals surface area (Å²) in [6.45, 7) is 3.15. The SMILES string of the molecule is CCOCCCN/C(=N/C(=O)c1ccc(F)c(F)c1)Nc1n[nH]c2cc(C(F)(F)F)ccc12. The first-order valence-electron chi connectivity index (χ1n) is 9.91. The Morgan fingerprint density at radius 1 is 1.15 bits per heavy atom. The van der Waals surface area contributed by atoms with Crippen molar-refractivity contribution < 1.29 is 31.5 Å². The molecule has 0 aliphatic heterocycles. The van der Waals surface area contributed by atoms with E-state index in [9.17, 15) is 26.7 Å². The van der Waals surface area contributed by atoms with Crippen LogP contribution in [0.3, 0.4) is 0 Å². The van der Waals surface area contributed by atoms with Gasteiger partial charge in [0.1, 0.15) is 0 Å². The van der Waals surface area contributed by atoms with Crippen LogP contribution in [0.25, 0.3) is 10.9 Å². The number of fused-ring (bicyclic) bond motifs is 1. The molecule has 12 heteroatoms. The Kier molecular flexibility index (Phi) is 7.59. The van der Waals surface area contributed by atoms with E-state index in [0.717, 1.165) is 30.3 Å². The summed E-state index contributed by atoms with van der Waals surface area (Å²) in [4.78, 5) is 16.3. The molecule has 0 radical (unpaired) electrons. The molecule has 0 saturated heterocycles. The number of alkyl halides is 3. The normalized spacial score (nSPS) is 12.2. The number of halogens is 5. The topological polar surface area (TPSA) is 91.4 Å². The van der Waals surface area contributed by atoms with Gasteiger partial charge in [0, 0.05) is 30.7 Å². The van der Waals surface area contributed by atoms with Crippen LogP contribution in [-0.4, -0.2) is 41.8 Å². The van der Waals surface area contributed by atoms with Crippen molar-refractivity contribution in [3.05, 3.63) is 59.2 Å². The molecule has 0 unspecified atom stereocenters. The number of hydrogen-bond acceptors (Lipinski definition) is 3. The summed E-state index contributed by atoms with van der Waals surface area (Å²) in [6.07, 6.45) is -3.96. The number of benzene rings is 2. The Morgan fingerprint density at radius 3 is 2.64 bits per heavy atom. The van der Waals surface area contributed by atoms with Crippen molar-refractivity contribution >= 4 is 28.6 Å². The van der Waals surface area contributed by atoms with E-state index < -0.39 is 29.3 Å². The van der Waals surface area contributed by atoms with Gasteiger partial charge in [-0.1, -0.05) is 0 Å². The molecule has 3 N–H and O–H groups in total. The third kappa shape index (κ3) is 6.25. The van der Waals surface area contributed by atoms with Gasteiger partial charge in [-0.15, -0.1) is 0 Å². The minimum absolute atomic E-state index is 0.0745. The van der Waals surface area contributed by atoms with Crippen LogP contribution in [0.15, 0.2) is 41.4 Å². The number of aromatic nitrogens is 2. The number of hydrogen-bond donors (Lipinski definition) is 3. The first-order valence-corrected chi connectivity index (χ1v) is 9.91. The highest BCUT2D eigenvalue weighted by molar-refractivity contribution is 6.08. The van der Waals surface area contributed by atoms with Gasteiger partial charge in [-0.3, -0.25) is 9.89 Å². The third-order valence-corrected chi connectivity index (χ3v) is 4.47. The zero-order valence-corrected chi connectivity index (χ0v) is 17.4. The van der Waals surface area contributed by atoms with Gasteiger partial charge in [0.15, 0.2) is 17.5 Å². The molecule has 1 amide bonds. The zero-order valence-electron chi connectivity index (χ0n) is 17.4. The molecule has 0 aliphatic carbocycles. The molecule has 0 atom stereocenters. The van der Waals surface area contributed by atoms with Crippen molar-refractivity contribution in [2.45, 2.75) is 19.5 Å². The van der Waals surface area contributed by atoms with Gasteiger partial charge >= 0.3 is 6.18 Å². The molecule has 0 saturated carbocycles. The second-order valence-electron chi connectivity index (χ2n) is 6.83. The lowest BCUT2D eigenvalue weighted by Gasteiger charge is -2.11. The van der Waals surface area contributed by atoms with Crippen LogP contribution < -0.4 is 10.6 Å². The summed E-state index contributed by atoms with van der Waals surface area (Å²) in [5.41, 5.74) is -0.914. The lowest BCUT2D eigenvalue weighted by molar-refractivity contribution is -0.137. The van der Waals surface area contributed by atoms with Crippen molar-refractivity contribution in [3.8, 4) is 0 Å². The minimum Gasteiger partial charge on any atom is -0.382 e. The molecule has 176 valence electrons. The largest absolute Gasteiger partial charge is 0.416 e. The number of carbonyl (C=O) groups excluding carboxylic acids is 1. The Morgan fingerprint density at radius 2 is 1.94 bits per heavy atom. The molecule has 0 spiro atoms. The van der Waals surface area contributed by atoms with Gasteiger partial charge in [-0.05, 0) is 49.7 Å². The fourth-order valence-electron chi connectivity index (χ4n) is 2.84. The summed E-state index contributed by atoms with van der Waals surface area (Å²) in [7, 11) is 0. The van der Waals surface area contributed by atoms with E-state index in [-0.39, 0.29) is 22.9 Å². The van der Waals surface area contributed by atoms with E-state index in [4.69, 9.17) is 4.74 Å². The van der Waals surface area contributed by atoms with Gasteiger partial charge in [-0.25, -0.2) is 8.78 Å². The molecule has 1 heterocycles. The molecule has 3 rings (SSSR count). The van der Waals surface area contributed by atoms with Gasteiger partial charge in [0.05, 0.1) is 11.1 Å². The number of amides is 1. The van der Waals surface area contributed by atoms with E-state index in [0.29, 0.717) is 31.6 Å². The number of ether oxygens (including phenoxy) is 1. The number of guanidine groups is 1. The van der Waals surface area contributed by atoms with E-state index >= 15 is 0 Å². The average Bonchev–Trinajstić information content (AvgIpc) is 3.16. The molecule has 3 aromatic rings. The first kappa shape index (κ1) is 24.1. The molecule has 1 aromatic heterocycles. The molecular formula is C21H20F5N5O2. The molecule has 0 bridgehead atoms. The Bertz CT molecular complexity index is 1160.